The predicted molar refractivity (Wildman–Crippen MR) is 79.3 cm³/mol. The molecule has 112 valence electrons. The van der Waals surface area contributed by atoms with Crippen molar-refractivity contribution in [1.82, 2.24) is 4.90 Å². The van der Waals surface area contributed by atoms with Crippen LogP contribution in [0.3, 0.4) is 0 Å². The molecule has 0 bridgehead atoms. The third-order valence-electron chi connectivity index (χ3n) is 3.87. The largest absolute Gasteiger partial charge is 0.384 e. The lowest BCUT2D eigenvalue weighted by Crippen LogP contribution is -2.31. The van der Waals surface area contributed by atoms with Crippen molar-refractivity contribution in [2.24, 2.45) is 5.92 Å². The van der Waals surface area contributed by atoms with Gasteiger partial charge in [-0.2, -0.15) is 0 Å². The van der Waals surface area contributed by atoms with Crippen LogP contribution in [0, 0.1) is 23.6 Å². The van der Waals surface area contributed by atoms with Gasteiger partial charge in [-0.3, -0.25) is 4.79 Å². The van der Waals surface area contributed by atoms with Crippen molar-refractivity contribution in [2.45, 2.75) is 25.7 Å². The van der Waals surface area contributed by atoms with Gasteiger partial charge in [0.1, 0.15) is 12.4 Å². The third kappa shape index (κ3) is 4.05. The Morgan fingerprint density at radius 3 is 2.76 bits per heavy atom. The van der Waals surface area contributed by atoms with E-state index in [2.05, 4.69) is 11.8 Å². The average Bonchev–Trinajstić information content (AvgIpc) is 2.98. The quantitative estimate of drug-likeness (QED) is 0.868. The molecule has 21 heavy (non-hydrogen) atoms. The molecule has 1 saturated carbocycles. The van der Waals surface area contributed by atoms with Crippen LogP contribution in [0.2, 0.25) is 0 Å². The molecule has 0 atom stereocenters. The van der Waals surface area contributed by atoms with Gasteiger partial charge in [-0.1, -0.05) is 24.7 Å². The first-order valence-electron chi connectivity index (χ1n) is 7.26. The first-order chi connectivity index (χ1) is 10.1. The number of carbonyl (C=O) groups is 1. The third-order valence-corrected chi connectivity index (χ3v) is 3.87. The molecule has 0 radical (unpaired) electrons. The van der Waals surface area contributed by atoms with E-state index >= 15 is 0 Å². The smallest absolute Gasteiger partial charge is 0.253 e. The van der Waals surface area contributed by atoms with Gasteiger partial charge in [0.15, 0.2) is 0 Å². The lowest BCUT2D eigenvalue weighted by molar-refractivity contribution is 0.0773. The molecular formula is C17H20FNO2. The Morgan fingerprint density at radius 2 is 2.14 bits per heavy atom. The zero-order valence-corrected chi connectivity index (χ0v) is 12.2. The van der Waals surface area contributed by atoms with Gasteiger partial charge in [0, 0.05) is 19.2 Å². The fourth-order valence-electron chi connectivity index (χ4n) is 2.77. The number of rotatable bonds is 3. The normalized spacial score (nSPS) is 14.6. The molecule has 0 saturated heterocycles. The number of hydrogen-bond donors (Lipinski definition) is 1. The molecule has 1 N–H and O–H groups in total. The average molecular weight is 289 g/mol. The summed E-state index contributed by atoms with van der Waals surface area (Å²) in [6.45, 7) is 0.413. The lowest BCUT2D eigenvalue weighted by atomic mass is 10.1. The van der Waals surface area contributed by atoms with Crippen LogP contribution in [0.4, 0.5) is 4.39 Å². The minimum absolute atomic E-state index is 0.164. The highest BCUT2D eigenvalue weighted by Gasteiger charge is 2.20. The van der Waals surface area contributed by atoms with Crippen molar-refractivity contribution in [3.8, 4) is 11.8 Å². The van der Waals surface area contributed by atoms with Gasteiger partial charge in [-0.15, -0.1) is 0 Å². The van der Waals surface area contributed by atoms with E-state index in [1.807, 2.05) is 0 Å². The van der Waals surface area contributed by atoms with Crippen molar-refractivity contribution < 1.29 is 14.3 Å². The molecule has 0 aromatic heterocycles. The minimum Gasteiger partial charge on any atom is -0.384 e. The monoisotopic (exact) mass is 289 g/mol. The molecule has 1 aliphatic rings. The van der Waals surface area contributed by atoms with Crippen molar-refractivity contribution >= 4 is 5.91 Å². The minimum atomic E-state index is -0.531. The van der Waals surface area contributed by atoms with Crippen LogP contribution in [0.5, 0.6) is 0 Å². The Bertz CT molecular complexity index is 568. The summed E-state index contributed by atoms with van der Waals surface area (Å²) >= 11 is 0. The molecule has 0 spiro atoms. The molecule has 1 aromatic carbocycles. The van der Waals surface area contributed by atoms with Crippen molar-refractivity contribution in [1.29, 1.82) is 0 Å². The highest BCUT2D eigenvalue weighted by molar-refractivity contribution is 5.94. The molecule has 3 nitrogen and oxygen atoms in total. The van der Waals surface area contributed by atoms with Crippen LogP contribution in [0.1, 0.15) is 41.6 Å². The maximum absolute atomic E-state index is 13.8. The molecule has 1 fully saturated rings. The Morgan fingerprint density at radius 1 is 1.43 bits per heavy atom. The summed E-state index contributed by atoms with van der Waals surface area (Å²) in [6, 6.07) is 4.28. The van der Waals surface area contributed by atoms with Crippen LogP contribution in [0.25, 0.3) is 0 Å². The SMILES string of the molecule is CN(CC1CCCC1)C(=O)c1ccc(C#CCO)c(F)c1. The maximum atomic E-state index is 13.8. The second-order valence-corrected chi connectivity index (χ2v) is 5.49. The number of aliphatic hydroxyl groups is 1. The highest BCUT2D eigenvalue weighted by Crippen LogP contribution is 2.25. The fraction of sp³-hybridized carbons (Fsp3) is 0.471. The van der Waals surface area contributed by atoms with E-state index in [0.29, 0.717) is 11.5 Å². The summed E-state index contributed by atoms with van der Waals surface area (Å²) in [4.78, 5) is 14.0. The molecule has 0 aliphatic heterocycles. The molecule has 2 rings (SSSR count). The van der Waals surface area contributed by atoms with Crippen LogP contribution >= 0.6 is 0 Å². The Hall–Kier alpha value is -1.86. The summed E-state index contributed by atoms with van der Waals surface area (Å²) in [7, 11) is 1.76. The molecule has 0 unspecified atom stereocenters. The van der Waals surface area contributed by atoms with Crippen molar-refractivity contribution in [3.63, 3.8) is 0 Å². The summed E-state index contributed by atoms with van der Waals surface area (Å²) in [5.41, 5.74) is 0.529. The molecule has 1 amide bonds. The van der Waals surface area contributed by atoms with Gasteiger partial charge < -0.3 is 10.0 Å². The van der Waals surface area contributed by atoms with Crippen molar-refractivity contribution in [2.75, 3.05) is 20.2 Å². The zero-order valence-electron chi connectivity index (χ0n) is 12.2. The van der Waals surface area contributed by atoms with E-state index in [1.165, 1.54) is 37.8 Å². The Kier molecular flexibility index (Phi) is 5.35. The molecule has 0 heterocycles. The van der Waals surface area contributed by atoms with Crippen LogP contribution in [-0.4, -0.2) is 36.1 Å². The maximum Gasteiger partial charge on any atom is 0.253 e. The topological polar surface area (TPSA) is 40.5 Å². The van der Waals surface area contributed by atoms with Gasteiger partial charge in [-0.25, -0.2) is 4.39 Å². The predicted octanol–water partition coefficient (Wildman–Crippen LogP) is 2.43. The number of carbonyl (C=O) groups excluding carboxylic acids is 1. The van der Waals surface area contributed by atoms with Gasteiger partial charge in [-0.05, 0) is 37.0 Å². The summed E-state index contributed by atoms with van der Waals surface area (Å²) < 4.78 is 13.8. The van der Waals surface area contributed by atoms with Crippen molar-refractivity contribution in [3.05, 3.63) is 35.1 Å². The Labute approximate surface area is 124 Å². The highest BCUT2D eigenvalue weighted by atomic mass is 19.1. The number of nitrogens with zero attached hydrogens (tertiary/aromatic N) is 1. The summed E-state index contributed by atoms with van der Waals surface area (Å²) in [6.07, 6.45) is 4.81. The number of aliphatic hydroxyl groups excluding tert-OH is 1. The number of halogens is 1. The molecule has 1 aliphatic carbocycles. The summed E-state index contributed by atoms with van der Waals surface area (Å²) in [5, 5.41) is 8.61. The first kappa shape index (κ1) is 15.5. The van der Waals surface area contributed by atoms with E-state index < -0.39 is 5.82 Å². The first-order valence-corrected chi connectivity index (χ1v) is 7.26. The standard InChI is InChI=1S/C17H20FNO2/c1-19(12-13-5-2-3-6-13)17(21)15-9-8-14(7-4-10-20)16(18)11-15/h8-9,11,13,20H,2-3,5-6,10,12H2,1H3. The fourth-order valence-corrected chi connectivity index (χ4v) is 2.77. The van der Waals surface area contributed by atoms with E-state index in [-0.39, 0.29) is 18.1 Å². The van der Waals surface area contributed by atoms with E-state index in [9.17, 15) is 9.18 Å². The molecular weight excluding hydrogens is 269 g/mol. The zero-order chi connectivity index (χ0) is 15.2. The number of benzene rings is 1. The lowest BCUT2D eigenvalue weighted by Gasteiger charge is -2.21. The van der Waals surface area contributed by atoms with Crippen LogP contribution < -0.4 is 0 Å². The second-order valence-electron chi connectivity index (χ2n) is 5.49. The van der Waals surface area contributed by atoms with Gasteiger partial charge in [0.25, 0.3) is 5.91 Å². The van der Waals surface area contributed by atoms with Crippen LogP contribution in [-0.2, 0) is 0 Å². The number of hydrogen-bond acceptors (Lipinski definition) is 2. The van der Waals surface area contributed by atoms with E-state index in [1.54, 1.807) is 18.0 Å². The van der Waals surface area contributed by atoms with Gasteiger partial charge in [0.05, 0.1) is 5.56 Å². The molecule has 4 heteroatoms. The van der Waals surface area contributed by atoms with Crippen LogP contribution in [0.15, 0.2) is 18.2 Å². The Balaban J connectivity index is 2.06. The second kappa shape index (κ2) is 7.24. The summed E-state index contributed by atoms with van der Waals surface area (Å²) in [5.74, 6) is 4.78. The number of amides is 1. The van der Waals surface area contributed by atoms with E-state index in [0.717, 1.165) is 6.54 Å². The van der Waals surface area contributed by atoms with Gasteiger partial charge in [0.2, 0.25) is 0 Å². The van der Waals surface area contributed by atoms with Gasteiger partial charge >= 0.3 is 0 Å². The molecule has 1 aromatic rings. The van der Waals surface area contributed by atoms with E-state index in [4.69, 9.17) is 5.11 Å².